The largest absolute Gasteiger partial charge is 0.477 e. The molecule has 0 fully saturated rings. The van der Waals surface area contributed by atoms with E-state index in [9.17, 15) is 9.90 Å². The van der Waals surface area contributed by atoms with Crippen LogP contribution in [0.4, 0.5) is 0 Å². The highest BCUT2D eigenvalue weighted by molar-refractivity contribution is 7.13. The lowest BCUT2D eigenvalue weighted by Gasteiger charge is -2.27. The van der Waals surface area contributed by atoms with Crippen LogP contribution in [0.1, 0.15) is 37.1 Å². The van der Waals surface area contributed by atoms with Gasteiger partial charge in [0, 0.05) is 5.02 Å². The molecule has 0 aliphatic heterocycles. The number of fused-ring (bicyclic) bond motifs is 1. The van der Waals surface area contributed by atoms with Gasteiger partial charge in [-0.05, 0) is 48.6 Å². The van der Waals surface area contributed by atoms with Crippen molar-refractivity contribution < 1.29 is 9.90 Å². The summed E-state index contributed by atoms with van der Waals surface area (Å²) in [6, 6.07) is 16.2. The minimum absolute atomic E-state index is 0.312. The van der Waals surface area contributed by atoms with E-state index >= 15 is 0 Å². The Morgan fingerprint density at radius 2 is 1.84 bits per heavy atom. The lowest BCUT2D eigenvalue weighted by Crippen LogP contribution is -2.28. The molecule has 2 aromatic carbocycles. The average Bonchev–Trinajstić information content (AvgIpc) is 3.16. The van der Waals surface area contributed by atoms with Gasteiger partial charge in [-0.3, -0.25) is 0 Å². The standard InChI is InChI=1S/C20H16ClNO2S/c1-12-17(18(23)24)25-19(22-12)20(15-7-4-8-16(21)9-15)10-13-5-2-3-6-14(13)11-20/h2-9H,10-11H2,1H3,(H,23,24). The Labute approximate surface area is 154 Å². The lowest BCUT2D eigenvalue weighted by molar-refractivity contribution is 0.0701. The molecule has 0 spiro atoms. The Hall–Kier alpha value is -2.17. The zero-order chi connectivity index (χ0) is 17.6. The maximum Gasteiger partial charge on any atom is 0.347 e. The van der Waals surface area contributed by atoms with Gasteiger partial charge in [-0.2, -0.15) is 0 Å². The SMILES string of the molecule is Cc1nc(C2(c3cccc(Cl)c3)Cc3ccccc3C2)sc1C(=O)O. The maximum absolute atomic E-state index is 11.5. The molecule has 5 heteroatoms. The van der Waals surface area contributed by atoms with Crippen molar-refractivity contribution in [2.75, 3.05) is 0 Å². The molecule has 1 aliphatic rings. The van der Waals surface area contributed by atoms with Gasteiger partial charge in [0.05, 0.1) is 11.1 Å². The Balaban J connectivity index is 1.92. The van der Waals surface area contributed by atoms with Crippen molar-refractivity contribution in [2.24, 2.45) is 0 Å². The molecule has 0 saturated carbocycles. The number of aromatic carboxylic acids is 1. The van der Waals surface area contributed by atoms with E-state index in [-0.39, 0.29) is 5.41 Å². The van der Waals surface area contributed by atoms with Crippen LogP contribution in [0.3, 0.4) is 0 Å². The third kappa shape index (κ3) is 2.66. The van der Waals surface area contributed by atoms with Crippen molar-refractivity contribution in [3.05, 3.63) is 85.8 Å². The number of rotatable bonds is 3. The molecule has 1 aromatic heterocycles. The highest BCUT2D eigenvalue weighted by Crippen LogP contribution is 2.47. The minimum Gasteiger partial charge on any atom is -0.477 e. The molecular formula is C20H16ClNO2S. The van der Waals surface area contributed by atoms with Gasteiger partial charge in [-0.15, -0.1) is 11.3 Å². The second-order valence-electron chi connectivity index (χ2n) is 6.45. The first-order valence-electron chi connectivity index (χ1n) is 8.04. The van der Waals surface area contributed by atoms with Gasteiger partial charge in [0.2, 0.25) is 0 Å². The number of aryl methyl sites for hydroxylation is 1. The van der Waals surface area contributed by atoms with Crippen LogP contribution in [0.25, 0.3) is 0 Å². The van der Waals surface area contributed by atoms with E-state index in [1.165, 1.54) is 22.5 Å². The topological polar surface area (TPSA) is 50.2 Å². The third-order valence-electron chi connectivity index (χ3n) is 4.88. The normalized spacial score (nSPS) is 15.1. The van der Waals surface area contributed by atoms with Gasteiger partial charge < -0.3 is 5.11 Å². The lowest BCUT2D eigenvalue weighted by atomic mass is 9.78. The van der Waals surface area contributed by atoms with Crippen LogP contribution < -0.4 is 0 Å². The number of carboxylic acids is 1. The molecule has 0 radical (unpaired) electrons. The Morgan fingerprint density at radius 3 is 2.40 bits per heavy atom. The first-order chi connectivity index (χ1) is 12.0. The van der Waals surface area contributed by atoms with Gasteiger partial charge in [-0.1, -0.05) is 48.0 Å². The summed E-state index contributed by atoms with van der Waals surface area (Å²) in [7, 11) is 0. The van der Waals surface area contributed by atoms with Gasteiger partial charge >= 0.3 is 5.97 Å². The number of hydrogen-bond acceptors (Lipinski definition) is 3. The van der Waals surface area contributed by atoms with Crippen LogP contribution in [0.5, 0.6) is 0 Å². The summed E-state index contributed by atoms with van der Waals surface area (Å²) in [6.07, 6.45) is 1.60. The van der Waals surface area contributed by atoms with Crippen molar-refractivity contribution in [1.82, 2.24) is 4.98 Å². The molecule has 4 rings (SSSR count). The third-order valence-corrected chi connectivity index (χ3v) is 6.46. The van der Waals surface area contributed by atoms with E-state index in [0.29, 0.717) is 15.6 Å². The predicted octanol–water partition coefficient (Wildman–Crippen LogP) is 4.89. The summed E-state index contributed by atoms with van der Waals surface area (Å²) in [5.74, 6) is -0.919. The number of carboxylic acid groups (broad SMARTS) is 1. The number of nitrogens with zero attached hydrogens (tertiary/aromatic N) is 1. The minimum atomic E-state index is -0.919. The van der Waals surface area contributed by atoms with Gasteiger partial charge in [0.15, 0.2) is 0 Å². The molecule has 1 N–H and O–H groups in total. The summed E-state index contributed by atoms with van der Waals surface area (Å²) in [5.41, 5.74) is 3.86. The summed E-state index contributed by atoms with van der Waals surface area (Å²) in [5, 5.41) is 11.0. The van der Waals surface area contributed by atoms with Gasteiger partial charge in [0.1, 0.15) is 9.88 Å². The Morgan fingerprint density at radius 1 is 1.16 bits per heavy atom. The predicted molar refractivity (Wildman–Crippen MR) is 99.9 cm³/mol. The van der Waals surface area contributed by atoms with Crippen LogP contribution >= 0.6 is 22.9 Å². The molecule has 25 heavy (non-hydrogen) atoms. The number of thiazole rings is 1. The molecule has 0 saturated heterocycles. The van der Waals surface area contributed by atoms with E-state index in [4.69, 9.17) is 11.6 Å². The number of benzene rings is 2. The van der Waals surface area contributed by atoms with E-state index < -0.39 is 5.97 Å². The number of halogens is 1. The van der Waals surface area contributed by atoms with Crippen molar-refractivity contribution in [2.45, 2.75) is 25.2 Å². The van der Waals surface area contributed by atoms with Gasteiger partial charge in [0.25, 0.3) is 0 Å². The van der Waals surface area contributed by atoms with E-state index in [1.54, 1.807) is 6.92 Å². The van der Waals surface area contributed by atoms with Crippen molar-refractivity contribution in [3.63, 3.8) is 0 Å². The molecule has 3 aromatic rings. The average molecular weight is 370 g/mol. The van der Waals surface area contributed by atoms with Crippen molar-refractivity contribution in [1.29, 1.82) is 0 Å². The number of carbonyl (C=O) groups is 1. The fourth-order valence-electron chi connectivity index (χ4n) is 3.68. The van der Waals surface area contributed by atoms with Crippen molar-refractivity contribution in [3.8, 4) is 0 Å². The highest BCUT2D eigenvalue weighted by atomic mass is 35.5. The molecule has 126 valence electrons. The molecule has 3 nitrogen and oxygen atoms in total. The fraction of sp³-hybridized carbons (Fsp3) is 0.200. The monoisotopic (exact) mass is 369 g/mol. The van der Waals surface area contributed by atoms with Crippen LogP contribution in [0.2, 0.25) is 5.02 Å². The van der Waals surface area contributed by atoms with Crippen LogP contribution in [0, 0.1) is 6.92 Å². The summed E-state index contributed by atoms with van der Waals surface area (Å²) in [6.45, 7) is 1.76. The Kier molecular flexibility index (Phi) is 3.89. The molecule has 0 atom stereocenters. The molecule has 0 amide bonds. The molecule has 0 bridgehead atoms. The van der Waals surface area contributed by atoms with E-state index in [2.05, 4.69) is 23.2 Å². The first kappa shape index (κ1) is 16.3. The highest BCUT2D eigenvalue weighted by Gasteiger charge is 2.43. The van der Waals surface area contributed by atoms with Crippen LogP contribution in [-0.4, -0.2) is 16.1 Å². The van der Waals surface area contributed by atoms with E-state index in [1.807, 2.05) is 30.3 Å². The first-order valence-corrected chi connectivity index (χ1v) is 9.23. The van der Waals surface area contributed by atoms with Gasteiger partial charge in [-0.25, -0.2) is 9.78 Å². The summed E-state index contributed by atoms with van der Waals surface area (Å²) >= 11 is 7.54. The summed E-state index contributed by atoms with van der Waals surface area (Å²) < 4.78 is 0. The smallest absolute Gasteiger partial charge is 0.347 e. The second kappa shape index (κ2) is 5.97. The zero-order valence-electron chi connectivity index (χ0n) is 13.6. The maximum atomic E-state index is 11.5. The number of hydrogen-bond donors (Lipinski definition) is 1. The fourth-order valence-corrected chi connectivity index (χ4v) is 4.98. The van der Waals surface area contributed by atoms with E-state index in [0.717, 1.165) is 23.4 Å². The molecule has 0 unspecified atom stereocenters. The molecule has 1 heterocycles. The van der Waals surface area contributed by atoms with Crippen LogP contribution in [0.15, 0.2) is 48.5 Å². The zero-order valence-corrected chi connectivity index (χ0v) is 15.2. The summed E-state index contributed by atoms with van der Waals surface area (Å²) in [4.78, 5) is 16.5. The molecule has 1 aliphatic carbocycles. The van der Waals surface area contributed by atoms with Crippen LogP contribution in [-0.2, 0) is 18.3 Å². The Bertz CT molecular complexity index is 954. The second-order valence-corrected chi connectivity index (χ2v) is 7.89. The number of aromatic nitrogens is 1. The molecular weight excluding hydrogens is 354 g/mol. The quantitative estimate of drug-likeness (QED) is 0.715. The van der Waals surface area contributed by atoms with Crippen molar-refractivity contribution >= 4 is 28.9 Å².